The Hall–Kier alpha value is -2.15. The van der Waals surface area contributed by atoms with Gasteiger partial charge in [0.15, 0.2) is 23.3 Å². The third-order valence-electron chi connectivity index (χ3n) is 4.17. The Morgan fingerprint density at radius 3 is 2.36 bits per heavy atom. The number of carbonyl (C=O) groups is 1. The first-order chi connectivity index (χ1) is 11.9. The van der Waals surface area contributed by atoms with Crippen LogP contribution in [0, 0.1) is 23.3 Å². The van der Waals surface area contributed by atoms with Gasteiger partial charge in [0.05, 0.1) is 6.54 Å². The highest BCUT2D eigenvalue weighted by molar-refractivity contribution is 6.29. The predicted molar refractivity (Wildman–Crippen MR) is 84.4 cm³/mol. The van der Waals surface area contributed by atoms with E-state index in [1.54, 1.807) is 12.3 Å². The van der Waals surface area contributed by atoms with Crippen molar-refractivity contribution in [1.29, 1.82) is 0 Å². The molecule has 0 unspecified atom stereocenters. The second-order valence-corrected chi connectivity index (χ2v) is 5.99. The number of halogens is 5. The molecule has 8 heteroatoms. The number of amides is 1. The number of aryl methyl sites for hydroxylation is 2. The van der Waals surface area contributed by atoms with Gasteiger partial charge in [0.25, 0.3) is 0 Å². The first-order valence-corrected chi connectivity index (χ1v) is 8.11. The molecule has 1 heterocycles. The van der Waals surface area contributed by atoms with Crippen molar-refractivity contribution in [2.45, 2.75) is 25.8 Å². The molecule has 2 aromatic rings. The van der Waals surface area contributed by atoms with Gasteiger partial charge in [0.1, 0.15) is 11.7 Å². The Bertz CT molecular complexity index is 818. The number of hydrogen-bond donors (Lipinski definition) is 0. The molecule has 0 fully saturated rings. The van der Waals surface area contributed by atoms with Gasteiger partial charge in [0, 0.05) is 17.8 Å². The third kappa shape index (κ3) is 3.33. The van der Waals surface area contributed by atoms with Gasteiger partial charge in [-0.2, -0.15) is 0 Å². The van der Waals surface area contributed by atoms with Crippen LogP contribution in [0.1, 0.15) is 23.1 Å². The number of rotatable bonds is 4. The summed E-state index contributed by atoms with van der Waals surface area (Å²) in [6.07, 6.45) is 4.20. The number of hydrogen-bond acceptors (Lipinski definition) is 2. The van der Waals surface area contributed by atoms with Gasteiger partial charge in [-0.3, -0.25) is 9.69 Å². The molecule has 3 nitrogen and oxygen atoms in total. The zero-order valence-corrected chi connectivity index (χ0v) is 13.7. The minimum atomic E-state index is -1.55. The minimum Gasteiger partial charge on any atom is -0.291 e. The molecule has 0 aliphatic heterocycles. The number of pyridine rings is 1. The van der Waals surface area contributed by atoms with E-state index in [1.807, 2.05) is 0 Å². The summed E-state index contributed by atoms with van der Waals surface area (Å²) >= 11 is 5.57. The summed E-state index contributed by atoms with van der Waals surface area (Å²) in [7, 11) is 0. The van der Waals surface area contributed by atoms with Crippen molar-refractivity contribution in [3.05, 3.63) is 58.3 Å². The fourth-order valence-electron chi connectivity index (χ4n) is 2.88. The van der Waals surface area contributed by atoms with Gasteiger partial charge in [0.2, 0.25) is 5.91 Å². The van der Waals surface area contributed by atoms with E-state index in [1.165, 1.54) is 0 Å². The van der Waals surface area contributed by atoms with Crippen molar-refractivity contribution < 1.29 is 22.4 Å². The number of aromatic nitrogens is 1. The summed E-state index contributed by atoms with van der Waals surface area (Å²) in [5.41, 5.74) is 1.12. The van der Waals surface area contributed by atoms with Gasteiger partial charge in [-0.25, -0.2) is 22.5 Å². The molecule has 1 aromatic heterocycles. The molecule has 0 saturated heterocycles. The van der Waals surface area contributed by atoms with E-state index in [4.69, 9.17) is 11.6 Å². The number of fused-ring (bicyclic) bond motifs is 1. The van der Waals surface area contributed by atoms with Crippen LogP contribution >= 0.6 is 11.6 Å². The topological polar surface area (TPSA) is 33.2 Å². The van der Waals surface area contributed by atoms with Crippen molar-refractivity contribution in [1.82, 2.24) is 4.98 Å². The molecule has 0 spiro atoms. The normalized spacial score (nSPS) is 13.0. The van der Waals surface area contributed by atoms with Crippen molar-refractivity contribution in [3.8, 4) is 0 Å². The van der Waals surface area contributed by atoms with Crippen LogP contribution in [0.5, 0.6) is 0 Å². The van der Waals surface area contributed by atoms with Gasteiger partial charge in [-0.15, -0.1) is 11.6 Å². The van der Waals surface area contributed by atoms with E-state index < -0.39 is 47.2 Å². The minimum absolute atomic E-state index is 0.121. The fraction of sp³-hybridized carbons (Fsp3) is 0.294. The van der Waals surface area contributed by atoms with Crippen LogP contribution in [0.3, 0.4) is 0 Å². The monoisotopic (exact) mass is 372 g/mol. The Balaban J connectivity index is 2.03. The van der Waals surface area contributed by atoms with Crippen molar-refractivity contribution >= 4 is 23.3 Å². The van der Waals surface area contributed by atoms with E-state index in [9.17, 15) is 22.4 Å². The standard InChI is InChI=1S/C17H13ClF4N2O/c18-6-15(25)24(14-4-9-2-1-3-10(9)7-23-14)8-11-16(21)12(19)5-13(20)17(11)22/h4-5,7H,1-3,6,8H2. The summed E-state index contributed by atoms with van der Waals surface area (Å²) < 4.78 is 54.7. The molecule has 0 bridgehead atoms. The molecule has 1 aliphatic carbocycles. The largest absolute Gasteiger partial charge is 0.291 e. The zero-order valence-electron chi connectivity index (χ0n) is 13.0. The Morgan fingerprint density at radius 1 is 1.08 bits per heavy atom. The molecule has 0 atom stereocenters. The maximum atomic E-state index is 13.9. The molecule has 1 aromatic carbocycles. The quantitative estimate of drug-likeness (QED) is 0.463. The second-order valence-electron chi connectivity index (χ2n) is 5.73. The van der Waals surface area contributed by atoms with E-state index >= 15 is 0 Å². The summed E-state index contributed by atoms with van der Waals surface area (Å²) in [6.45, 7) is -0.719. The molecule has 0 N–H and O–H groups in total. The summed E-state index contributed by atoms with van der Waals surface area (Å²) in [5.74, 6) is -7.19. The second kappa shape index (κ2) is 7.00. The third-order valence-corrected chi connectivity index (χ3v) is 4.40. The average molecular weight is 373 g/mol. The first kappa shape index (κ1) is 17.7. The number of alkyl halides is 1. The lowest BCUT2D eigenvalue weighted by Crippen LogP contribution is -2.33. The molecule has 1 aliphatic rings. The molecular formula is C17H13ClF4N2O. The number of nitrogens with zero attached hydrogens (tertiary/aromatic N) is 2. The Labute approximate surface area is 146 Å². The van der Waals surface area contributed by atoms with Crippen molar-refractivity contribution in [2.24, 2.45) is 0 Å². The maximum Gasteiger partial charge on any atom is 0.243 e. The maximum absolute atomic E-state index is 13.9. The number of benzene rings is 1. The predicted octanol–water partition coefficient (Wildman–Crippen LogP) is 3.90. The zero-order chi connectivity index (χ0) is 18.1. The summed E-state index contributed by atoms with van der Waals surface area (Å²) in [4.78, 5) is 17.2. The highest BCUT2D eigenvalue weighted by Gasteiger charge is 2.25. The molecule has 3 rings (SSSR count). The van der Waals surface area contributed by atoms with E-state index in [0.29, 0.717) is 0 Å². The fourth-order valence-corrected chi connectivity index (χ4v) is 3.02. The number of carbonyl (C=O) groups excluding carboxylic acids is 1. The lowest BCUT2D eigenvalue weighted by Gasteiger charge is -2.22. The van der Waals surface area contributed by atoms with E-state index in [2.05, 4.69) is 4.98 Å². The Morgan fingerprint density at radius 2 is 1.72 bits per heavy atom. The molecule has 0 saturated carbocycles. The molecule has 25 heavy (non-hydrogen) atoms. The van der Waals surface area contributed by atoms with Crippen LogP contribution in [0.25, 0.3) is 0 Å². The summed E-state index contributed by atoms with van der Waals surface area (Å²) in [6, 6.07) is 1.76. The van der Waals surface area contributed by atoms with E-state index in [-0.39, 0.29) is 11.9 Å². The Kier molecular flexibility index (Phi) is 4.94. The molecule has 0 radical (unpaired) electrons. The van der Waals surface area contributed by atoms with Crippen LogP contribution in [0.4, 0.5) is 23.4 Å². The lowest BCUT2D eigenvalue weighted by molar-refractivity contribution is -0.116. The van der Waals surface area contributed by atoms with Crippen LogP contribution < -0.4 is 4.90 Å². The highest BCUT2D eigenvalue weighted by atomic mass is 35.5. The molecular weight excluding hydrogens is 360 g/mol. The van der Waals surface area contributed by atoms with Crippen LogP contribution in [-0.2, 0) is 24.2 Å². The van der Waals surface area contributed by atoms with Gasteiger partial charge < -0.3 is 0 Å². The first-order valence-electron chi connectivity index (χ1n) is 7.58. The average Bonchev–Trinajstić information content (AvgIpc) is 3.07. The van der Waals surface area contributed by atoms with Gasteiger partial charge in [-0.05, 0) is 36.5 Å². The van der Waals surface area contributed by atoms with Crippen molar-refractivity contribution in [3.63, 3.8) is 0 Å². The smallest absolute Gasteiger partial charge is 0.243 e. The lowest BCUT2D eigenvalue weighted by atomic mass is 10.1. The molecule has 1 amide bonds. The SMILES string of the molecule is O=C(CCl)N(Cc1c(F)c(F)cc(F)c1F)c1cc2c(cn1)CCC2. The molecule has 132 valence electrons. The van der Waals surface area contributed by atoms with Gasteiger partial charge in [-0.1, -0.05) is 0 Å². The number of anilines is 1. The van der Waals surface area contributed by atoms with Crippen molar-refractivity contribution in [2.75, 3.05) is 10.8 Å². The van der Waals surface area contributed by atoms with Gasteiger partial charge >= 0.3 is 0 Å². The van der Waals surface area contributed by atoms with E-state index in [0.717, 1.165) is 35.3 Å². The van der Waals surface area contributed by atoms with Crippen LogP contribution in [0.2, 0.25) is 0 Å². The summed E-state index contributed by atoms with van der Waals surface area (Å²) in [5, 5.41) is 0. The van der Waals surface area contributed by atoms with Crippen LogP contribution in [0.15, 0.2) is 18.3 Å². The highest BCUT2D eigenvalue weighted by Crippen LogP contribution is 2.27. The van der Waals surface area contributed by atoms with Crippen LogP contribution in [-0.4, -0.2) is 16.8 Å².